The number of anilines is 1. The molecule has 1 aromatic carbocycles. The standard InChI is InChI=1S/C22H30N4O4/c27-21(24-18-6-2-1-3-7-18)16-26-12-9-19(10-13-26)25-22(28)23-11-5-14-29-17-20-8-4-15-30-20/h1-4,6-8,15,19H,5,9-14,16-17H2,(H,24,27)(H2,23,25,28). The third kappa shape index (κ3) is 7.88. The molecule has 0 saturated carbocycles. The van der Waals surface area contributed by atoms with E-state index < -0.39 is 0 Å². The second-order valence-electron chi connectivity index (χ2n) is 7.35. The van der Waals surface area contributed by atoms with Crippen LogP contribution in [0.1, 0.15) is 25.0 Å². The molecule has 3 N–H and O–H groups in total. The summed E-state index contributed by atoms with van der Waals surface area (Å²) in [4.78, 5) is 26.3. The van der Waals surface area contributed by atoms with Crippen LogP contribution in [0.15, 0.2) is 53.1 Å². The molecule has 3 rings (SSSR count). The van der Waals surface area contributed by atoms with Crippen LogP contribution in [0, 0.1) is 0 Å². The summed E-state index contributed by atoms with van der Waals surface area (Å²) in [5.74, 6) is 0.782. The molecular formula is C22H30N4O4. The van der Waals surface area contributed by atoms with E-state index >= 15 is 0 Å². The zero-order valence-electron chi connectivity index (χ0n) is 17.1. The molecule has 1 saturated heterocycles. The van der Waals surface area contributed by atoms with Crippen LogP contribution >= 0.6 is 0 Å². The number of ether oxygens (including phenoxy) is 1. The summed E-state index contributed by atoms with van der Waals surface area (Å²) in [6, 6.07) is 13.1. The van der Waals surface area contributed by atoms with Gasteiger partial charge < -0.3 is 25.1 Å². The number of hydrogen-bond donors (Lipinski definition) is 3. The molecule has 0 bridgehead atoms. The average Bonchev–Trinajstić information content (AvgIpc) is 3.26. The molecule has 30 heavy (non-hydrogen) atoms. The Morgan fingerprint density at radius 2 is 1.90 bits per heavy atom. The van der Waals surface area contributed by atoms with E-state index in [4.69, 9.17) is 9.15 Å². The van der Waals surface area contributed by atoms with Gasteiger partial charge in [0.15, 0.2) is 0 Å². The van der Waals surface area contributed by atoms with Crippen LogP contribution in [-0.4, -0.2) is 55.7 Å². The summed E-state index contributed by atoms with van der Waals surface area (Å²) in [7, 11) is 0. The van der Waals surface area contributed by atoms with Crippen molar-refractivity contribution in [2.75, 3.05) is 38.1 Å². The van der Waals surface area contributed by atoms with Crippen molar-refractivity contribution in [2.24, 2.45) is 0 Å². The molecule has 1 aromatic heterocycles. The number of likely N-dealkylation sites (tertiary alicyclic amines) is 1. The molecule has 3 amide bonds. The molecule has 1 aliphatic heterocycles. The smallest absolute Gasteiger partial charge is 0.315 e. The van der Waals surface area contributed by atoms with Gasteiger partial charge in [0.1, 0.15) is 12.4 Å². The van der Waals surface area contributed by atoms with Crippen LogP contribution in [0.2, 0.25) is 0 Å². The fraction of sp³-hybridized carbons (Fsp3) is 0.455. The molecule has 0 spiro atoms. The second-order valence-corrected chi connectivity index (χ2v) is 7.35. The zero-order chi connectivity index (χ0) is 21.0. The van der Waals surface area contributed by atoms with Crippen LogP contribution in [0.3, 0.4) is 0 Å². The lowest BCUT2D eigenvalue weighted by molar-refractivity contribution is -0.117. The maximum atomic E-state index is 12.2. The van der Waals surface area contributed by atoms with Gasteiger partial charge >= 0.3 is 6.03 Å². The number of nitrogens with zero attached hydrogens (tertiary/aromatic N) is 1. The van der Waals surface area contributed by atoms with E-state index in [-0.39, 0.29) is 18.0 Å². The minimum atomic E-state index is -0.152. The monoisotopic (exact) mass is 414 g/mol. The number of hydrogen-bond acceptors (Lipinski definition) is 5. The first-order valence-corrected chi connectivity index (χ1v) is 10.4. The predicted octanol–water partition coefficient (Wildman–Crippen LogP) is 2.59. The highest BCUT2D eigenvalue weighted by Crippen LogP contribution is 2.11. The first-order valence-electron chi connectivity index (χ1n) is 10.4. The molecular weight excluding hydrogens is 384 g/mol. The molecule has 2 aromatic rings. The number of urea groups is 1. The number of carbonyl (C=O) groups is 2. The lowest BCUT2D eigenvalue weighted by atomic mass is 10.1. The topological polar surface area (TPSA) is 95.8 Å². The Bertz CT molecular complexity index is 759. The maximum Gasteiger partial charge on any atom is 0.315 e. The summed E-state index contributed by atoms with van der Waals surface area (Å²) >= 11 is 0. The molecule has 162 valence electrons. The molecule has 8 nitrogen and oxygen atoms in total. The van der Waals surface area contributed by atoms with Crippen LogP contribution in [0.4, 0.5) is 10.5 Å². The molecule has 2 heterocycles. The van der Waals surface area contributed by atoms with Crippen LogP contribution in [0.25, 0.3) is 0 Å². The fourth-order valence-electron chi connectivity index (χ4n) is 3.34. The van der Waals surface area contributed by atoms with Crippen LogP contribution in [-0.2, 0) is 16.1 Å². The highest BCUT2D eigenvalue weighted by atomic mass is 16.5. The summed E-state index contributed by atoms with van der Waals surface area (Å²) in [5.41, 5.74) is 0.807. The van der Waals surface area contributed by atoms with Gasteiger partial charge in [-0.3, -0.25) is 9.69 Å². The SMILES string of the molecule is O=C(CN1CCC(NC(=O)NCCCOCc2ccco2)CC1)Nc1ccccc1. The number of para-hydroxylation sites is 1. The maximum absolute atomic E-state index is 12.2. The summed E-state index contributed by atoms with van der Waals surface area (Å²) in [6.45, 7) is 3.50. The number of piperidine rings is 1. The first-order chi connectivity index (χ1) is 14.7. The third-order valence-corrected chi connectivity index (χ3v) is 4.92. The Morgan fingerprint density at radius 3 is 2.63 bits per heavy atom. The Kier molecular flexibility index (Phi) is 8.74. The van der Waals surface area contributed by atoms with Gasteiger partial charge in [-0.2, -0.15) is 0 Å². The van der Waals surface area contributed by atoms with Crippen molar-refractivity contribution in [1.82, 2.24) is 15.5 Å². The van der Waals surface area contributed by atoms with Gasteiger partial charge in [-0.25, -0.2) is 4.79 Å². The Balaban J connectivity index is 1.21. The van der Waals surface area contributed by atoms with Crippen LogP contribution in [0.5, 0.6) is 0 Å². The average molecular weight is 415 g/mol. The molecule has 8 heteroatoms. The summed E-state index contributed by atoms with van der Waals surface area (Å²) in [5, 5.41) is 8.78. The highest BCUT2D eigenvalue weighted by Gasteiger charge is 2.22. The highest BCUT2D eigenvalue weighted by molar-refractivity contribution is 5.92. The van der Waals surface area contributed by atoms with Gasteiger partial charge in [0.05, 0.1) is 12.8 Å². The van der Waals surface area contributed by atoms with Gasteiger partial charge in [0.25, 0.3) is 0 Å². The first kappa shape index (κ1) is 21.9. The molecule has 1 fully saturated rings. The number of nitrogens with one attached hydrogen (secondary N) is 3. The zero-order valence-corrected chi connectivity index (χ0v) is 17.1. The third-order valence-electron chi connectivity index (χ3n) is 4.92. The van der Waals surface area contributed by atoms with E-state index in [1.807, 2.05) is 42.5 Å². The quantitative estimate of drug-likeness (QED) is 0.520. The largest absolute Gasteiger partial charge is 0.467 e. The van der Waals surface area contributed by atoms with Crippen molar-refractivity contribution < 1.29 is 18.7 Å². The van der Waals surface area contributed by atoms with Gasteiger partial charge in [0, 0.05) is 38.0 Å². The van der Waals surface area contributed by atoms with E-state index in [9.17, 15) is 9.59 Å². The minimum Gasteiger partial charge on any atom is -0.467 e. The van der Waals surface area contributed by atoms with Crippen molar-refractivity contribution >= 4 is 17.6 Å². The molecule has 0 unspecified atom stereocenters. The van der Waals surface area contributed by atoms with E-state index in [2.05, 4.69) is 20.9 Å². The summed E-state index contributed by atoms with van der Waals surface area (Å²) in [6.07, 6.45) is 4.02. The van der Waals surface area contributed by atoms with Gasteiger partial charge in [-0.15, -0.1) is 0 Å². The second kappa shape index (κ2) is 12.0. The lowest BCUT2D eigenvalue weighted by Crippen LogP contribution is -2.49. The Hall–Kier alpha value is -2.84. The molecule has 0 atom stereocenters. The fourth-order valence-corrected chi connectivity index (χ4v) is 3.34. The van der Waals surface area contributed by atoms with E-state index in [1.165, 1.54) is 0 Å². The minimum absolute atomic E-state index is 0.0142. The number of furan rings is 1. The van der Waals surface area contributed by atoms with Crippen LogP contribution < -0.4 is 16.0 Å². The molecule has 0 aliphatic carbocycles. The molecule has 0 radical (unpaired) electrons. The normalized spacial score (nSPS) is 14.9. The van der Waals surface area contributed by atoms with Gasteiger partial charge in [-0.05, 0) is 43.5 Å². The van der Waals surface area contributed by atoms with Gasteiger partial charge in [-0.1, -0.05) is 18.2 Å². The Morgan fingerprint density at radius 1 is 1.10 bits per heavy atom. The van der Waals surface area contributed by atoms with Crippen molar-refractivity contribution in [3.63, 3.8) is 0 Å². The number of amides is 3. The number of carbonyl (C=O) groups excluding carboxylic acids is 2. The van der Waals surface area contributed by atoms with E-state index in [1.54, 1.807) is 6.26 Å². The number of benzene rings is 1. The van der Waals surface area contributed by atoms with Gasteiger partial charge in [0.2, 0.25) is 5.91 Å². The van der Waals surface area contributed by atoms with Crippen molar-refractivity contribution in [1.29, 1.82) is 0 Å². The Labute approximate surface area is 177 Å². The van der Waals surface area contributed by atoms with Crippen molar-refractivity contribution in [2.45, 2.75) is 31.9 Å². The van der Waals surface area contributed by atoms with Crippen molar-refractivity contribution in [3.8, 4) is 0 Å². The van der Waals surface area contributed by atoms with Crippen molar-refractivity contribution in [3.05, 3.63) is 54.5 Å². The lowest BCUT2D eigenvalue weighted by Gasteiger charge is -2.31. The molecule has 1 aliphatic rings. The summed E-state index contributed by atoms with van der Waals surface area (Å²) < 4.78 is 10.7. The predicted molar refractivity (Wildman–Crippen MR) is 114 cm³/mol. The number of rotatable bonds is 10. The van der Waals surface area contributed by atoms with E-state index in [0.717, 1.165) is 43.8 Å². The van der Waals surface area contributed by atoms with E-state index in [0.29, 0.717) is 26.3 Å².